The minimum atomic E-state index is 0.429. The summed E-state index contributed by atoms with van der Waals surface area (Å²) in [5.74, 6) is 3.36. The van der Waals surface area contributed by atoms with Crippen molar-refractivity contribution in [1.82, 2.24) is 0 Å². The Morgan fingerprint density at radius 2 is 1.42 bits per heavy atom. The number of rotatable bonds is 6. The summed E-state index contributed by atoms with van der Waals surface area (Å²) in [4.78, 5) is 0. The molecule has 4 nitrogen and oxygen atoms in total. The molecular weight excluding hydrogens is 244 g/mol. The quantitative estimate of drug-likeness (QED) is 0.675. The van der Waals surface area contributed by atoms with Gasteiger partial charge < -0.3 is 18.0 Å². The van der Waals surface area contributed by atoms with Crippen LogP contribution in [0.4, 0.5) is 0 Å². The van der Waals surface area contributed by atoms with Crippen LogP contribution in [0.1, 0.15) is 23.0 Å². The van der Waals surface area contributed by atoms with Gasteiger partial charge in [0.15, 0.2) is 0 Å². The number of hydrogen-bond donors (Lipinski definition) is 0. The van der Waals surface area contributed by atoms with E-state index in [0.717, 1.165) is 23.0 Å². The summed E-state index contributed by atoms with van der Waals surface area (Å²) in [6, 6.07) is 11.4. The Kier molecular flexibility index (Phi) is 3.51. The van der Waals surface area contributed by atoms with Crippen LogP contribution in [0.3, 0.4) is 0 Å². The normalized spacial score (nSPS) is 10.9. The van der Waals surface area contributed by atoms with Gasteiger partial charge in [-0.05, 0) is 36.4 Å². The number of furan rings is 3. The van der Waals surface area contributed by atoms with Crippen LogP contribution in [0.5, 0.6) is 0 Å². The van der Waals surface area contributed by atoms with Gasteiger partial charge in [0.25, 0.3) is 0 Å². The Hall–Kier alpha value is -2.20. The minimum absolute atomic E-state index is 0.429. The van der Waals surface area contributed by atoms with Gasteiger partial charge in [-0.15, -0.1) is 0 Å². The highest BCUT2D eigenvalue weighted by atomic mass is 16.5. The SMILES string of the molecule is c1coc(COCc2ccc(Cc3ccco3)o2)c1. The molecule has 3 aromatic rings. The first kappa shape index (κ1) is 11.9. The fourth-order valence-corrected chi connectivity index (χ4v) is 1.83. The molecule has 0 saturated heterocycles. The van der Waals surface area contributed by atoms with E-state index in [1.165, 1.54) is 0 Å². The Bertz CT molecular complexity index is 590. The van der Waals surface area contributed by atoms with Gasteiger partial charge in [0.1, 0.15) is 36.3 Å². The zero-order valence-electron chi connectivity index (χ0n) is 10.4. The first-order chi connectivity index (χ1) is 9.40. The minimum Gasteiger partial charge on any atom is -0.469 e. The van der Waals surface area contributed by atoms with Crippen LogP contribution in [0.15, 0.2) is 62.2 Å². The molecule has 0 spiro atoms. The molecule has 0 atom stereocenters. The molecule has 0 N–H and O–H groups in total. The van der Waals surface area contributed by atoms with Crippen molar-refractivity contribution in [2.45, 2.75) is 19.6 Å². The van der Waals surface area contributed by atoms with Gasteiger partial charge in [-0.3, -0.25) is 0 Å². The van der Waals surface area contributed by atoms with Crippen molar-refractivity contribution in [3.05, 3.63) is 72.0 Å². The van der Waals surface area contributed by atoms with E-state index in [0.29, 0.717) is 19.6 Å². The van der Waals surface area contributed by atoms with Crippen molar-refractivity contribution in [2.75, 3.05) is 0 Å². The molecule has 0 radical (unpaired) electrons. The molecule has 0 aliphatic heterocycles. The van der Waals surface area contributed by atoms with Gasteiger partial charge in [-0.25, -0.2) is 0 Å². The fraction of sp³-hybridized carbons (Fsp3) is 0.200. The maximum Gasteiger partial charge on any atom is 0.129 e. The van der Waals surface area contributed by atoms with Crippen LogP contribution in [0.2, 0.25) is 0 Å². The van der Waals surface area contributed by atoms with E-state index < -0.39 is 0 Å². The molecule has 0 unspecified atom stereocenters. The monoisotopic (exact) mass is 258 g/mol. The second-order valence-corrected chi connectivity index (χ2v) is 4.20. The molecule has 0 fully saturated rings. The van der Waals surface area contributed by atoms with Gasteiger partial charge in [0, 0.05) is 0 Å². The lowest BCUT2D eigenvalue weighted by atomic mass is 10.3. The van der Waals surface area contributed by atoms with Crippen molar-refractivity contribution in [3.8, 4) is 0 Å². The lowest BCUT2D eigenvalue weighted by Crippen LogP contribution is -1.91. The van der Waals surface area contributed by atoms with Gasteiger partial charge in [-0.2, -0.15) is 0 Å². The number of hydrogen-bond acceptors (Lipinski definition) is 4. The van der Waals surface area contributed by atoms with Crippen molar-refractivity contribution in [1.29, 1.82) is 0 Å². The summed E-state index contributed by atoms with van der Waals surface area (Å²) in [5, 5.41) is 0. The van der Waals surface area contributed by atoms with Crippen molar-refractivity contribution < 1.29 is 18.0 Å². The van der Waals surface area contributed by atoms with E-state index in [1.807, 2.05) is 36.4 Å². The first-order valence-electron chi connectivity index (χ1n) is 6.10. The Morgan fingerprint density at radius 3 is 2.16 bits per heavy atom. The third kappa shape index (κ3) is 3.17. The highest BCUT2D eigenvalue weighted by Crippen LogP contribution is 2.15. The predicted octanol–water partition coefficient (Wildman–Crippen LogP) is 3.77. The molecular formula is C15H14O4. The average molecular weight is 258 g/mol. The summed E-state index contributed by atoms with van der Waals surface area (Å²) < 4.78 is 21.6. The molecule has 0 aliphatic carbocycles. The summed E-state index contributed by atoms with van der Waals surface area (Å²) in [7, 11) is 0. The van der Waals surface area contributed by atoms with E-state index in [1.54, 1.807) is 12.5 Å². The maximum atomic E-state index is 5.66. The Morgan fingerprint density at radius 1 is 0.737 bits per heavy atom. The second kappa shape index (κ2) is 5.63. The largest absolute Gasteiger partial charge is 0.469 e. The van der Waals surface area contributed by atoms with E-state index in [4.69, 9.17) is 18.0 Å². The first-order valence-corrected chi connectivity index (χ1v) is 6.10. The Balaban J connectivity index is 1.50. The second-order valence-electron chi connectivity index (χ2n) is 4.20. The zero-order valence-corrected chi connectivity index (χ0v) is 10.4. The summed E-state index contributed by atoms with van der Waals surface area (Å²) in [6.45, 7) is 0.875. The average Bonchev–Trinajstić information content (AvgIpc) is 3.12. The van der Waals surface area contributed by atoms with Crippen LogP contribution in [0.25, 0.3) is 0 Å². The van der Waals surface area contributed by atoms with Crippen LogP contribution in [0, 0.1) is 0 Å². The van der Waals surface area contributed by atoms with Gasteiger partial charge >= 0.3 is 0 Å². The summed E-state index contributed by atoms with van der Waals surface area (Å²) in [6.07, 6.45) is 3.95. The maximum absolute atomic E-state index is 5.66. The van der Waals surface area contributed by atoms with E-state index >= 15 is 0 Å². The third-order valence-corrected chi connectivity index (χ3v) is 2.71. The van der Waals surface area contributed by atoms with Gasteiger partial charge in [0.05, 0.1) is 18.9 Å². The third-order valence-electron chi connectivity index (χ3n) is 2.71. The van der Waals surface area contributed by atoms with Crippen molar-refractivity contribution in [2.24, 2.45) is 0 Å². The van der Waals surface area contributed by atoms with Crippen LogP contribution >= 0.6 is 0 Å². The summed E-state index contributed by atoms with van der Waals surface area (Å²) >= 11 is 0. The van der Waals surface area contributed by atoms with Gasteiger partial charge in [-0.1, -0.05) is 0 Å². The molecule has 0 bridgehead atoms. The van der Waals surface area contributed by atoms with E-state index in [-0.39, 0.29) is 0 Å². The van der Waals surface area contributed by atoms with E-state index in [2.05, 4.69) is 0 Å². The molecule has 19 heavy (non-hydrogen) atoms. The lowest BCUT2D eigenvalue weighted by molar-refractivity contribution is 0.0796. The molecule has 0 amide bonds. The van der Waals surface area contributed by atoms with Crippen LogP contribution in [-0.4, -0.2) is 0 Å². The standard InChI is InChI=1S/C15H14O4/c1-3-12(17-7-1)9-13-5-6-15(19-13)11-16-10-14-4-2-8-18-14/h1-8H,9-11H2. The number of ether oxygens (including phenoxy) is 1. The van der Waals surface area contributed by atoms with E-state index in [9.17, 15) is 0 Å². The van der Waals surface area contributed by atoms with Crippen molar-refractivity contribution >= 4 is 0 Å². The molecule has 3 heterocycles. The summed E-state index contributed by atoms with van der Waals surface area (Å²) in [5.41, 5.74) is 0. The fourth-order valence-electron chi connectivity index (χ4n) is 1.83. The highest BCUT2D eigenvalue weighted by Gasteiger charge is 2.05. The topological polar surface area (TPSA) is 48.7 Å². The molecule has 3 rings (SSSR count). The smallest absolute Gasteiger partial charge is 0.129 e. The molecule has 0 aliphatic rings. The molecule has 98 valence electrons. The molecule has 0 aromatic carbocycles. The zero-order chi connectivity index (χ0) is 12.9. The predicted molar refractivity (Wildman–Crippen MR) is 67.4 cm³/mol. The van der Waals surface area contributed by atoms with Crippen LogP contribution < -0.4 is 0 Å². The highest BCUT2D eigenvalue weighted by molar-refractivity contribution is 5.13. The van der Waals surface area contributed by atoms with Crippen LogP contribution in [-0.2, 0) is 24.4 Å². The molecule has 3 aromatic heterocycles. The lowest BCUT2D eigenvalue weighted by Gasteiger charge is -1.99. The Labute approximate surface area is 110 Å². The van der Waals surface area contributed by atoms with Crippen molar-refractivity contribution in [3.63, 3.8) is 0 Å². The van der Waals surface area contributed by atoms with Gasteiger partial charge in [0.2, 0.25) is 0 Å². The molecule has 4 heteroatoms. The molecule has 0 saturated carbocycles.